The van der Waals surface area contributed by atoms with Crippen LogP contribution in [0.2, 0.25) is 0 Å². The van der Waals surface area contributed by atoms with Crippen molar-refractivity contribution in [2.75, 3.05) is 18.1 Å². The minimum atomic E-state index is 0.594. The number of hydrogen-bond donors (Lipinski definition) is 0. The fraction of sp³-hybridized carbons (Fsp3) is 0.294. The Morgan fingerprint density at radius 1 is 1.29 bits per heavy atom. The van der Waals surface area contributed by atoms with Gasteiger partial charge in [-0.05, 0) is 31.5 Å². The van der Waals surface area contributed by atoms with E-state index in [0.29, 0.717) is 18.7 Å². The molecule has 1 aliphatic rings. The molecule has 4 nitrogen and oxygen atoms in total. The van der Waals surface area contributed by atoms with Crippen molar-refractivity contribution in [3.8, 4) is 11.8 Å². The molecule has 0 N–H and O–H groups in total. The van der Waals surface area contributed by atoms with Gasteiger partial charge < -0.3 is 9.64 Å². The van der Waals surface area contributed by atoms with Gasteiger partial charge in [0.2, 0.25) is 0 Å². The first-order chi connectivity index (χ1) is 10.2. The number of aromatic nitrogens is 1. The van der Waals surface area contributed by atoms with Crippen molar-refractivity contribution in [2.45, 2.75) is 20.4 Å². The highest BCUT2D eigenvalue weighted by Gasteiger charge is 2.20. The molecular weight excluding hydrogens is 262 g/mol. The van der Waals surface area contributed by atoms with Crippen LogP contribution in [0.3, 0.4) is 0 Å². The molecule has 2 aromatic rings. The summed E-state index contributed by atoms with van der Waals surface area (Å²) in [6, 6.07) is 12.3. The van der Waals surface area contributed by atoms with Gasteiger partial charge >= 0.3 is 0 Å². The predicted molar refractivity (Wildman–Crippen MR) is 81.4 cm³/mol. The van der Waals surface area contributed by atoms with E-state index < -0.39 is 0 Å². The second-order valence-electron chi connectivity index (χ2n) is 5.27. The zero-order valence-electron chi connectivity index (χ0n) is 12.3. The maximum absolute atomic E-state index is 9.44. The van der Waals surface area contributed by atoms with Gasteiger partial charge in [0.1, 0.15) is 24.2 Å². The Bertz CT molecular complexity index is 718. The van der Waals surface area contributed by atoms with Gasteiger partial charge in [0.15, 0.2) is 0 Å². The zero-order valence-corrected chi connectivity index (χ0v) is 12.3. The molecule has 0 saturated carbocycles. The molecule has 0 bridgehead atoms. The first kappa shape index (κ1) is 13.4. The predicted octanol–water partition coefficient (Wildman–Crippen LogP) is 2.97. The summed E-state index contributed by atoms with van der Waals surface area (Å²) >= 11 is 0. The molecule has 0 amide bonds. The molecule has 4 heteroatoms. The van der Waals surface area contributed by atoms with Crippen LogP contribution in [0.5, 0.6) is 5.75 Å². The highest BCUT2D eigenvalue weighted by molar-refractivity contribution is 5.59. The lowest BCUT2D eigenvalue weighted by atomic mass is 10.1. The number of fused-ring (bicyclic) bond motifs is 1. The van der Waals surface area contributed by atoms with E-state index in [1.165, 1.54) is 0 Å². The van der Waals surface area contributed by atoms with Crippen molar-refractivity contribution in [2.24, 2.45) is 0 Å². The number of rotatable bonds is 1. The van der Waals surface area contributed by atoms with Gasteiger partial charge in [-0.25, -0.2) is 4.98 Å². The SMILES string of the molecule is Cc1cc(C)c(C#N)c(N2CCOc3ccccc3C2)n1. The normalized spacial score (nSPS) is 13.9. The Balaban J connectivity index is 2.04. The van der Waals surface area contributed by atoms with Gasteiger partial charge in [-0.15, -0.1) is 0 Å². The number of hydrogen-bond acceptors (Lipinski definition) is 4. The van der Waals surface area contributed by atoms with Crippen LogP contribution in [-0.4, -0.2) is 18.1 Å². The lowest BCUT2D eigenvalue weighted by Gasteiger charge is -2.23. The summed E-state index contributed by atoms with van der Waals surface area (Å²) in [5.74, 6) is 1.68. The van der Waals surface area contributed by atoms with E-state index in [1.807, 2.05) is 38.1 Å². The number of nitriles is 1. The van der Waals surface area contributed by atoms with Gasteiger partial charge in [-0.3, -0.25) is 0 Å². The fourth-order valence-corrected chi connectivity index (χ4v) is 2.69. The topological polar surface area (TPSA) is 49.2 Å². The van der Waals surface area contributed by atoms with Gasteiger partial charge in [0.25, 0.3) is 0 Å². The number of pyridine rings is 1. The molecular formula is C17H17N3O. The Hall–Kier alpha value is -2.54. The van der Waals surface area contributed by atoms with E-state index in [9.17, 15) is 5.26 Å². The maximum Gasteiger partial charge on any atom is 0.147 e. The Morgan fingerprint density at radius 3 is 2.90 bits per heavy atom. The number of anilines is 1. The zero-order chi connectivity index (χ0) is 14.8. The summed E-state index contributed by atoms with van der Waals surface area (Å²) in [7, 11) is 0. The van der Waals surface area contributed by atoms with Gasteiger partial charge in [0, 0.05) is 17.8 Å². The molecule has 21 heavy (non-hydrogen) atoms. The first-order valence-corrected chi connectivity index (χ1v) is 7.03. The molecule has 0 aliphatic carbocycles. The van der Waals surface area contributed by atoms with Crippen LogP contribution in [0.1, 0.15) is 22.4 Å². The number of nitrogens with zero attached hydrogens (tertiary/aromatic N) is 3. The summed E-state index contributed by atoms with van der Waals surface area (Å²) in [6.07, 6.45) is 0. The Morgan fingerprint density at radius 2 is 2.10 bits per heavy atom. The van der Waals surface area contributed by atoms with Crippen LogP contribution in [-0.2, 0) is 6.54 Å². The van der Waals surface area contributed by atoms with Crippen LogP contribution in [0.15, 0.2) is 30.3 Å². The first-order valence-electron chi connectivity index (χ1n) is 7.03. The summed E-state index contributed by atoms with van der Waals surface area (Å²) in [4.78, 5) is 6.72. The Kier molecular flexibility index (Phi) is 3.49. The van der Waals surface area contributed by atoms with E-state index in [0.717, 1.165) is 34.9 Å². The molecule has 1 aromatic heterocycles. The van der Waals surface area contributed by atoms with Crippen molar-refractivity contribution in [3.63, 3.8) is 0 Å². The molecule has 0 unspecified atom stereocenters. The van der Waals surface area contributed by atoms with E-state index in [-0.39, 0.29) is 0 Å². The standard InChI is InChI=1S/C17H17N3O/c1-12-9-13(2)19-17(15(12)10-18)20-7-8-21-16-6-4-3-5-14(16)11-20/h3-6,9H,7-8,11H2,1-2H3. The molecule has 1 aliphatic heterocycles. The lowest BCUT2D eigenvalue weighted by Crippen LogP contribution is -2.27. The highest BCUT2D eigenvalue weighted by atomic mass is 16.5. The van der Waals surface area contributed by atoms with Crippen molar-refractivity contribution in [1.82, 2.24) is 4.98 Å². The number of aryl methyl sites for hydroxylation is 2. The average molecular weight is 279 g/mol. The monoisotopic (exact) mass is 279 g/mol. The number of ether oxygens (including phenoxy) is 1. The summed E-state index contributed by atoms with van der Waals surface area (Å²) in [6.45, 7) is 5.94. The smallest absolute Gasteiger partial charge is 0.147 e. The average Bonchev–Trinajstić information content (AvgIpc) is 2.68. The van der Waals surface area contributed by atoms with Crippen molar-refractivity contribution in [3.05, 3.63) is 52.7 Å². The van der Waals surface area contributed by atoms with Crippen molar-refractivity contribution in [1.29, 1.82) is 5.26 Å². The molecule has 0 radical (unpaired) electrons. The minimum absolute atomic E-state index is 0.594. The molecule has 0 spiro atoms. The molecule has 2 heterocycles. The van der Waals surface area contributed by atoms with Crippen LogP contribution in [0.25, 0.3) is 0 Å². The lowest BCUT2D eigenvalue weighted by molar-refractivity contribution is 0.331. The Labute approximate surface area is 124 Å². The summed E-state index contributed by atoms with van der Waals surface area (Å²) in [5, 5.41) is 9.44. The molecule has 1 aromatic carbocycles. The van der Waals surface area contributed by atoms with Crippen molar-refractivity contribution < 1.29 is 4.74 Å². The quantitative estimate of drug-likeness (QED) is 0.805. The number of benzene rings is 1. The number of para-hydroxylation sites is 1. The third-order valence-electron chi connectivity index (χ3n) is 3.69. The van der Waals surface area contributed by atoms with Crippen molar-refractivity contribution >= 4 is 5.82 Å². The summed E-state index contributed by atoms with van der Waals surface area (Å²) < 4.78 is 5.78. The van der Waals surface area contributed by atoms with Crippen LogP contribution in [0, 0.1) is 25.2 Å². The van der Waals surface area contributed by atoms with Gasteiger partial charge in [-0.1, -0.05) is 18.2 Å². The van der Waals surface area contributed by atoms with E-state index in [1.54, 1.807) is 0 Å². The van der Waals surface area contributed by atoms with Gasteiger partial charge in [0.05, 0.1) is 12.1 Å². The highest BCUT2D eigenvalue weighted by Crippen LogP contribution is 2.28. The van der Waals surface area contributed by atoms with Crippen LogP contribution >= 0.6 is 0 Å². The third-order valence-corrected chi connectivity index (χ3v) is 3.69. The van der Waals surface area contributed by atoms with Gasteiger partial charge in [-0.2, -0.15) is 5.26 Å². The maximum atomic E-state index is 9.44. The van der Waals surface area contributed by atoms with E-state index >= 15 is 0 Å². The fourth-order valence-electron chi connectivity index (χ4n) is 2.69. The molecule has 0 atom stereocenters. The molecule has 0 saturated heterocycles. The van der Waals surface area contributed by atoms with Crippen LogP contribution in [0.4, 0.5) is 5.82 Å². The molecule has 106 valence electrons. The summed E-state index contributed by atoms with van der Waals surface area (Å²) in [5.41, 5.74) is 3.68. The largest absolute Gasteiger partial charge is 0.491 e. The molecule has 3 rings (SSSR count). The second-order valence-corrected chi connectivity index (χ2v) is 5.27. The minimum Gasteiger partial charge on any atom is -0.491 e. The third kappa shape index (κ3) is 2.55. The van der Waals surface area contributed by atoms with Crippen LogP contribution < -0.4 is 9.64 Å². The van der Waals surface area contributed by atoms with E-state index in [2.05, 4.69) is 22.0 Å². The second kappa shape index (κ2) is 5.45. The molecule has 0 fully saturated rings. The van der Waals surface area contributed by atoms with E-state index in [4.69, 9.17) is 4.74 Å².